The number of morpholine rings is 1. The molecule has 1 fully saturated rings. The fourth-order valence-corrected chi connectivity index (χ4v) is 2.44. The van der Waals surface area contributed by atoms with Gasteiger partial charge in [0.15, 0.2) is 0 Å². The zero-order valence-corrected chi connectivity index (χ0v) is 11.0. The van der Waals surface area contributed by atoms with Crippen LogP contribution in [0.5, 0.6) is 0 Å². The SMILES string of the molecule is CNCc1ccc(N2CCOCC2C)c(C)c1. The summed E-state index contributed by atoms with van der Waals surface area (Å²) in [5.74, 6) is 0. The summed E-state index contributed by atoms with van der Waals surface area (Å²) < 4.78 is 5.48. The molecule has 0 aliphatic carbocycles. The van der Waals surface area contributed by atoms with Crippen LogP contribution in [0.25, 0.3) is 0 Å². The van der Waals surface area contributed by atoms with Gasteiger partial charge in [-0.25, -0.2) is 0 Å². The molecule has 0 bridgehead atoms. The Kier molecular flexibility index (Phi) is 4.02. The molecule has 0 amide bonds. The summed E-state index contributed by atoms with van der Waals surface area (Å²) >= 11 is 0. The van der Waals surface area contributed by atoms with Gasteiger partial charge in [0.1, 0.15) is 0 Å². The lowest BCUT2D eigenvalue weighted by atomic mass is 10.1. The van der Waals surface area contributed by atoms with E-state index in [9.17, 15) is 0 Å². The highest BCUT2D eigenvalue weighted by atomic mass is 16.5. The molecule has 0 saturated carbocycles. The van der Waals surface area contributed by atoms with Crippen LogP contribution < -0.4 is 10.2 Å². The van der Waals surface area contributed by atoms with Crippen molar-refractivity contribution in [3.63, 3.8) is 0 Å². The third-order valence-electron chi connectivity index (χ3n) is 3.32. The molecule has 3 heteroatoms. The maximum Gasteiger partial charge on any atom is 0.0668 e. The average molecular weight is 234 g/mol. The Hall–Kier alpha value is -1.06. The number of nitrogens with zero attached hydrogens (tertiary/aromatic N) is 1. The van der Waals surface area contributed by atoms with Crippen LogP contribution in [0.2, 0.25) is 0 Å². The summed E-state index contributed by atoms with van der Waals surface area (Å²) in [6.07, 6.45) is 0. The molecule has 1 aromatic rings. The van der Waals surface area contributed by atoms with Gasteiger partial charge in [-0.3, -0.25) is 0 Å². The van der Waals surface area contributed by atoms with E-state index in [4.69, 9.17) is 4.74 Å². The Morgan fingerprint density at radius 1 is 1.47 bits per heavy atom. The molecular weight excluding hydrogens is 212 g/mol. The van der Waals surface area contributed by atoms with E-state index in [2.05, 4.69) is 42.3 Å². The van der Waals surface area contributed by atoms with Crippen LogP contribution in [0.3, 0.4) is 0 Å². The van der Waals surface area contributed by atoms with E-state index >= 15 is 0 Å². The zero-order chi connectivity index (χ0) is 12.3. The van der Waals surface area contributed by atoms with E-state index in [1.54, 1.807) is 0 Å². The van der Waals surface area contributed by atoms with Gasteiger partial charge in [0.25, 0.3) is 0 Å². The molecule has 1 saturated heterocycles. The number of hydrogen-bond acceptors (Lipinski definition) is 3. The second-order valence-electron chi connectivity index (χ2n) is 4.77. The van der Waals surface area contributed by atoms with Gasteiger partial charge in [-0.1, -0.05) is 12.1 Å². The minimum absolute atomic E-state index is 0.470. The van der Waals surface area contributed by atoms with Crippen LogP contribution in [0.1, 0.15) is 18.1 Å². The molecule has 3 nitrogen and oxygen atoms in total. The first-order valence-corrected chi connectivity index (χ1v) is 6.31. The molecule has 1 aromatic carbocycles. The summed E-state index contributed by atoms with van der Waals surface area (Å²) in [7, 11) is 1.98. The Labute approximate surface area is 104 Å². The van der Waals surface area contributed by atoms with Gasteiger partial charge >= 0.3 is 0 Å². The topological polar surface area (TPSA) is 24.5 Å². The maximum absolute atomic E-state index is 5.48. The van der Waals surface area contributed by atoms with E-state index in [0.29, 0.717) is 6.04 Å². The first-order valence-electron chi connectivity index (χ1n) is 6.31. The third-order valence-corrected chi connectivity index (χ3v) is 3.32. The van der Waals surface area contributed by atoms with Gasteiger partial charge in [0.2, 0.25) is 0 Å². The molecule has 94 valence electrons. The van der Waals surface area contributed by atoms with Crippen molar-refractivity contribution in [2.45, 2.75) is 26.4 Å². The molecule has 2 rings (SSSR count). The molecule has 1 atom stereocenters. The van der Waals surface area contributed by atoms with Crippen molar-refractivity contribution in [3.8, 4) is 0 Å². The van der Waals surface area contributed by atoms with Gasteiger partial charge < -0.3 is 15.0 Å². The van der Waals surface area contributed by atoms with Crippen molar-refractivity contribution in [2.75, 3.05) is 31.7 Å². The number of benzene rings is 1. The van der Waals surface area contributed by atoms with Crippen LogP contribution >= 0.6 is 0 Å². The summed E-state index contributed by atoms with van der Waals surface area (Å²) in [4.78, 5) is 2.45. The largest absolute Gasteiger partial charge is 0.377 e. The Morgan fingerprint density at radius 3 is 2.94 bits per heavy atom. The highest BCUT2D eigenvalue weighted by Crippen LogP contribution is 2.24. The normalized spacial score (nSPS) is 20.6. The van der Waals surface area contributed by atoms with Gasteiger partial charge in [0, 0.05) is 24.8 Å². The second kappa shape index (κ2) is 5.52. The summed E-state index contributed by atoms with van der Waals surface area (Å²) in [5.41, 5.74) is 4.04. The number of anilines is 1. The molecule has 0 aromatic heterocycles. The van der Waals surface area contributed by atoms with Gasteiger partial charge in [0.05, 0.1) is 13.2 Å². The minimum atomic E-state index is 0.470. The lowest BCUT2D eigenvalue weighted by Gasteiger charge is -2.36. The summed E-state index contributed by atoms with van der Waals surface area (Å²) in [6.45, 7) is 8.00. The van der Waals surface area contributed by atoms with Crippen molar-refractivity contribution < 1.29 is 4.74 Å². The standard InChI is InChI=1S/C14H22N2O/c1-11-8-13(9-15-3)4-5-14(11)16-6-7-17-10-12(16)2/h4-5,8,12,15H,6-7,9-10H2,1-3H3. The smallest absolute Gasteiger partial charge is 0.0668 e. The molecule has 1 aliphatic rings. The average Bonchev–Trinajstić information content (AvgIpc) is 2.31. The van der Waals surface area contributed by atoms with Crippen molar-refractivity contribution in [1.29, 1.82) is 0 Å². The molecule has 17 heavy (non-hydrogen) atoms. The van der Waals surface area contributed by atoms with E-state index in [1.165, 1.54) is 16.8 Å². The fraction of sp³-hybridized carbons (Fsp3) is 0.571. The Balaban J connectivity index is 2.20. The summed E-state index contributed by atoms with van der Waals surface area (Å²) in [5, 5.41) is 3.19. The van der Waals surface area contributed by atoms with Crippen LogP contribution in [0.4, 0.5) is 5.69 Å². The second-order valence-corrected chi connectivity index (χ2v) is 4.77. The van der Waals surface area contributed by atoms with Gasteiger partial charge in [-0.05, 0) is 38.1 Å². The lowest BCUT2D eigenvalue weighted by Crippen LogP contribution is -2.44. The number of hydrogen-bond donors (Lipinski definition) is 1. The minimum Gasteiger partial charge on any atom is -0.377 e. The molecule has 1 aliphatic heterocycles. The maximum atomic E-state index is 5.48. The Morgan fingerprint density at radius 2 is 2.29 bits per heavy atom. The van der Waals surface area contributed by atoms with Crippen LogP contribution in [0, 0.1) is 6.92 Å². The van der Waals surface area contributed by atoms with E-state index in [0.717, 1.165) is 26.3 Å². The van der Waals surface area contributed by atoms with Crippen LogP contribution in [-0.2, 0) is 11.3 Å². The van der Waals surface area contributed by atoms with Crippen LogP contribution in [-0.4, -0.2) is 32.8 Å². The van der Waals surface area contributed by atoms with E-state index in [1.807, 2.05) is 7.05 Å². The van der Waals surface area contributed by atoms with Crippen molar-refractivity contribution in [3.05, 3.63) is 29.3 Å². The van der Waals surface area contributed by atoms with Gasteiger partial charge in [-0.2, -0.15) is 0 Å². The number of ether oxygens (including phenoxy) is 1. The molecule has 0 spiro atoms. The molecule has 1 heterocycles. The number of nitrogens with one attached hydrogen (secondary N) is 1. The predicted octanol–water partition coefficient (Wildman–Crippen LogP) is 1.94. The molecule has 1 unspecified atom stereocenters. The van der Waals surface area contributed by atoms with Crippen molar-refractivity contribution >= 4 is 5.69 Å². The first-order chi connectivity index (χ1) is 8.22. The third kappa shape index (κ3) is 2.79. The number of aryl methyl sites for hydroxylation is 1. The number of rotatable bonds is 3. The monoisotopic (exact) mass is 234 g/mol. The van der Waals surface area contributed by atoms with Gasteiger partial charge in [-0.15, -0.1) is 0 Å². The molecule has 0 radical (unpaired) electrons. The van der Waals surface area contributed by atoms with E-state index < -0.39 is 0 Å². The first kappa shape index (κ1) is 12.4. The van der Waals surface area contributed by atoms with Crippen LogP contribution in [0.15, 0.2) is 18.2 Å². The summed E-state index contributed by atoms with van der Waals surface area (Å²) in [6, 6.07) is 7.19. The van der Waals surface area contributed by atoms with Crippen molar-refractivity contribution in [2.24, 2.45) is 0 Å². The van der Waals surface area contributed by atoms with Crippen molar-refractivity contribution in [1.82, 2.24) is 5.32 Å². The highest BCUT2D eigenvalue weighted by Gasteiger charge is 2.20. The lowest BCUT2D eigenvalue weighted by molar-refractivity contribution is 0.0989. The van der Waals surface area contributed by atoms with E-state index in [-0.39, 0.29) is 0 Å². The predicted molar refractivity (Wildman–Crippen MR) is 71.6 cm³/mol. The molecule has 1 N–H and O–H groups in total. The highest BCUT2D eigenvalue weighted by molar-refractivity contribution is 5.55. The molecular formula is C14H22N2O. The zero-order valence-electron chi connectivity index (χ0n) is 11.0. The quantitative estimate of drug-likeness (QED) is 0.865. The fourth-order valence-electron chi connectivity index (χ4n) is 2.44. The Bertz CT molecular complexity index is 378.